The van der Waals surface area contributed by atoms with Crippen LogP contribution in [0.15, 0.2) is 58.7 Å². The summed E-state index contributed by atoms with van der Waals surface area (Å²) in [5, 5.41) is 16.4. The van der Waals surface area contributed by atoms with E-state index in [1.54, 1.807) is 26.2 Å². The van der Waals surface area contributed by atoms with Crippen LogP contribution in [0.5, 0.6) is 5.75 Å². The molecule has 1 saturated heterocycles. The Kier molecular flexibility index (Phi) is 6.71. The fourth-order valence-electron chi connectivity index (χ4n) is 2.93. The summed E-state index contributed by atoms with van der Waals surface area (Å²) in [6, 6.07) is 12.9. The van der Waals surface area contributed by atoms with Gasteiger partial charge in [0, 0.05) is 6.42 Å². The van der Waals surface area contributed by atoms with Gasteiger partial charge in [-0.15, -0.1) is 5.10 Å². The highest BCUT2D eigenvalue weighted by atomic mass is 32.2. The number of anilines is 1. The van der Waals surface area contributed by atoms with Crippen molar-refractivity contribution in [2.75, 3.05) is 12.0 Å². The van der Waals surface area contributed by atoms with Crippen LogP contribution in [0.1, 0.15) is 29.3 Å². The standard InChI is InChI=1S/C21H20N4O5S/c1-12(13-6-8-16(30-2)9-7-13)23-24-21(22)31-17-11-18(26)25(19(17)27)15-5-3-4-14(10-15)20(28)29/h3-10,17H,11H2,1-2H3,(H2,22,24)(H,28,29)/b23-12-/t17-/m0/s1. The van der Waals surface area contributed by atoms with E-state index < -0.39 is 23.0 Å². The predicted molar refractivity (Wildman–Crippen MR) is 119 cm³/mol. The number of ether oxygens (including phenoxy) is 1. The molecule has 1 atom stereocenters. The summed E-state index contributed by atoms with van der Waals surface area (Å²) in [4.78, 5) is 37.3. The Labute approximate surface area is 182 Å². The molecule has 2 aromatic carbocycles. The van der Waals surface area contributed by atoms with E-state index in [0.717, 1.165) is 28.0 Å². The number of thioether (sulfide) groups is 1. The van der Waals surface area contributed by atoms with Gasteiger partial charge in [0.15, 0.2) is 5.17 Å². The second-order valence-electron chi connectivity index (χ2n) is 6.59. The summed E-state index contributed by atoms with van der Waals surface area (Å²) < 4.78 is 5.12. The lowest BCUT2D eigenvalue weighted by Crippen LogP contribution is -2.32. The molecule has 0 spiro atoms. The molecule has 9 nitrogen and oxygen atoms in total. The van der Waals surface area contributed by atoms with Crippen molar-refractivity contribution in [3.63, 3.8) is 0 Å². The first-order chi connectivity index (χ1) is 14.8. The molecule has 0 radical (unpaired) electrons. The highest BCUT2D eigenvalue weighted by Crippen LogP contribution is 2.30. The van der Waals surface area contributed by atoms with Crippen molar-refractivity contribution < 1.29 is 24.2 Å². The largest absolute Gasteiger partial charge is 0.497 e. The summed E-state index contributed by atoms with van der Waals surface area (Å²) >= 11 is 0.944. The van der Waals surface area contributed by atoms with Crippen LogP contribution in [0.2, 0.25) is 0 Å². The summed E-state index contributed by atoms with van der Waals surface area (Å²) in [6.07, 6.45) is -0.0712. The minimum absolute atomic E-state index is 0.0152. The van der Waals surface area contributed by atoms with Gasteiger partial charge in [-0.3, -0.25) is 9.59 Å². The van der Waals surface area contributed by atoms with Gasteiger partial charge in [0.05, 0.1) is 24.1 Å². The molecule has 3 rings (SSSR count). The number of hydrogen-bond donors (Lipinski definition) is 2. The minimum atomic E-state index is -1.15. The topological polar surface area (TPSA) is 135 Å². The maximum atomic E-state index is 12.7. The second-order valence-corrected chi connectivity index (χ2v) is 7.81. The van der Waals surface area contributed by atoms with Gasteiger partial charge in [0.1, 0.15) is 11.0 Å². The Hall–Kier alpha value is -3.66. The van der Waals surface area contributed by atoms with Crippen molar-refractivity contribution in [1.82, 2.24) is 0 Å². The number of carbonyl (C=O) groups excluding carboxylic acids is 2. The molecule has 2 aromatic rings. The van der Waals surface area contributed by atoms with Crippen molar-refractivity contribution in [2.24, 2.45) is 15.9 Å². The molecule has 2 amide bonds. The van der Waals surface area contributed by atoms with Gasteiger partial charge >= 0.3 is 5.97 Å². The number of amides is 2. The number of carboxylic acids is 1. The maximum absolute atomic E-state index is 12.7. The maximum Gasteiger partial charge on any atom is 0.335 e. The van der Waals surface area contributed by atoms with Gasteiger partial charge in [0.2, 0.25) is 11.8 Å². The lowest BCUT2D eigenvalue weighted by atomic mass is 10.1. The van der Waals surface area contributed by atoms with Gasteiger partial charge in [0.25, 0.3) is 0 Å². The highest BCUT2D eigenvalue weighted by molar-refractivity contribution is 8.14. The normalized spacial score (nSPS) is 17.2. The second kappa shape index (κ2) is 9.43. The lowest BCUT2D eigenvalue weighted by molar-refractivity contribution is -0.121. The van der Waals surface area contributed by atoms with Gasteiger partial charge in [-0.1, -0.05) is 17.8 Å². The van der Waals surface area contributed by atoms with E-state index in [1.807, 2.05) is 12.1 Å². The molecule has 10 heteroatoms. The van der Waals surface area contributed by atoms with E-state index in [9.17, 15) is 14.4 Å². The molecule has 1 heterocycles. The van der Waals surface area contributed by atoms with Crippen molar-refractivity contribution >= 4 is 46.1 Å². The predicted octanol–water partition coefficient (Wildman–Crippen LogP) is 2.50. The fraction of sp³-hybridized carbons (Fsp3) is 0.190. The molecule has 0 bridgehead atoms. The molecule has 0 aliphatic carbocycles. The molecule has 1 aliphatic heterocycles. The molecule has 0 saturated carbocycles. The SMILES string of the molecule is COc1ccc(/C(C)=N\N=C(N)S[C@H]2CC(=O)N(c3cccc(C(=O)O)c3)C2=O)cc1. The molecule has 31 heavy (non-hydrogen) atoms. The zero-order chi connectivity index (χ0) is 22.5. The zero-order valence-corrected chi connectivity index (χ0v) is 17.6. The molecule has 3 N–H and O–H groups in total. The number of carboxylic acid groups (broad SMARTS) is 1. The van der Waals surface area contributed by atoms with E-state index in [-0.39, 0.29) is 22.8 Å². The summed E-state index contributed by atoms with van der Waals surface area (Å²) in [7, 11) is 1.58. The first kappa shape index (κ1) is 22.0. The first-order valence-electron chi connectivity index (χ1n) is 9.19. The van der Waals surface area contributed by atoms with Crippen molar-refractivity contribution in [1.29, 1.82) is 0 Å². The van der Waals surface area contributed by atoms with Gasteiger partial charge in [-0.25, -0.2) is 9.69 Å². The van der Waals surface area contributed by atoms with Crippen LogP contribution in [0.25, 0.3) is 0 Å². The number of hydrogen-bond acceptors (Lipinski definition) is 7. The minimum Gasteiger partial charge on any atom is -0.497 e. The quantitative estimate of drug-likeness (QED) is 0.305. The fourth-order valence-corrected chi connectivity index (χ4v) is 3.74. The van der Waals surface area contributed by atoms with Gasteiger partial charge in [-0.2, -0.15) is 5.10 Å². The number of benzene rings is 2. The smallest absolute Gasteiger partial charge is 0.335 e. The zero-order valence-electron chi connectivity index (χ0n) is 16.8. The molecule has 1 aliphatic rings. The number of rotatable bonds is 6. The van der Waals surface area contributed by atoms with Gasteiger partial charge < -0.3 is 15.6 Å². The summed E-state index contributed by atoms with van der Waals surface area (Å²) in [5.74, 6) is -1.34. The number of imide groups is 1. The number of nitrogens with zero attached hydrogens (tertiary/aromatic N) is 3. The van der Waals surface area contributed by atoms with Crippen molar-refractivity contribution in [3.05, 3.63) is 59.7 Å². The third kappa shape index (κ3) is 5.10. The average Bonchev–Trinajstić information content (AvgIpc) is 3.04. The summed E-state index contributed by atoms with van der Waals surface area (Å²) in [6.45, 7) is 1.77. The summed E-state index contributed by atoms with van der Waals surface area (Å²) in [5.41, 5.74) is 7.55. The van der Waals surface area contributed by atoms with E-state index in [4.69, 9.17) is 15.6 Å². The average molecular weight is 440 g/mol. The Morgan fingerprint density at radius 1 is 1.16 bits per heavy atom. The Morgan fingerprint density at radius 2 is 1.87 bits per heavy atom. The van der Waals surface area contributed by atoms with E-state index >= 15 is 0 Å². The van der Waals surface area contributed by atoms with E-state index in [2.05, 4.69) is 10.2 Å². The molecular weight excluding hydrogens is 420 g/mol. The number of carbonyl (C=O) groups is 3. The third-order valence-electron chi connectivity index (χ3n) is 4.53. The molecule has 160 valence electrons. The van der Waals surface area contributed by atoms with Crippen LogP contribution in [-0.4, -0.2) is 46.1 Å². The molecule has 1 fully saturated rings. The molecular formula is C21H20N4O5S. The Bertz CT molecular complexity index is 1080. The Balaban J connectivity index is 1.71. The van der Waals surface area contributed by atoms with Gasteiger partial charge in [-0.05, 0) is 55.0 Å². The Morgan fingerprint density at radius 3 is 2.52 bits per heavy atom. The number of aromatic carboxylic acids is 1. The van der Waals surface area contributed by atoms with Crippen LogP contribution in [0.3, 0.4) is 0 Å². The number of amidine groups is 1. The number of nitrogens with two attached hydrogens (primary N) is 1. The van der Waals surface area contributed by atoms with Crippen molar-refractivity contribution in [3.8, 4) is 5.75 Å². The van der Waals surface area contributed by atoms with Crippen LogP contribution >= 0.6 is 11.8 Å². The van der Waals surface area contributed by atoms with E-state index in [1.165, 1.54) is 24.3 Å². The molecule has 0 aromatic heterocycles. The lowest BCUT2D eigenvalue weighted by Gasteiger charge is -2.15. The van der Waals surface area contributed by atoms with Crippen LogP contribution in [0, 0.1) is 0 Å². The van der Waals surface area contributed by atoms with Crippen LogP contribution < -0.4 is 15.4 Å². The monoisotopic (exact) mass is 440 g/mol. The van der Waals surface area contributed by atoms with Crippen molar-refractivity contribution in [2.45, 2.75) is 18.6 Å². The van der Waals surface area contributed by atoms with E-state index in [0.29, 0.717) is 5.71 Å². The van der Waals surface area contributed by atoms with Crippen LogP contribution in [0.4, 0.5) is 5.69 Å². The highest BCUT2D eigenvalue weighted by Gasteiger charge is 2.40. The number of methoxy groups -OCH3 is 1. The van der Waals surface area contributed by atoms with Crippen LogP contribution in [-0.2, 0) is 9.59 Å². The molecule has 0 unspecified atom stereocenters. The third-order valence-corrected chi connectivity index (χ3v) is 5.50. The first-order valence-corrected chi connectivity index (χ1v) is 10.1.